The molecule has 30 heavy (non-hydrogen) atoms. The van der Waals surface area contributed by atoms with E-state index in [4.69, 9.17) is 0 Å². The van der Waals surface area contributed by atoms with Crippen molar-refractivity contribution < 1.29 is 4.79 Å². The van der Waals surface area contributed by atoms with Crippen molar-refractivity contribution in [3.8, 4) is 0 Å². The molecule has 1 aliphatic rings. The Balaban J connectivity index is 1.67. The van der Waals surface area contributed by atoms with Gasteiger partial charge < -0.3 is 4.90 Å². The third-order valence-electron chi connectivity index (χ3n) is 5.96. The first-order valence-corrected chi connectivity index (χ1v) is 11.9. The molecule has 4 rings (SSSR count). The van der Waals surface area contributed by atoms with E-state index in [1.165, 1.54) is 18.2 Å². The molecule has 1 aliphatic heterocycles. The topological polar surface area (TPSA) is 72.5 Å². The number of amides is 1. The molecule has 0 spiro atoms. The van der Waals surface area contributed by atoms with Gasteiger partial charge in [0.15, 0.2) is 5.16 Å². The molecule has 1 saturated heterocycles. The van der Waals surface area contributed by atoms with Crippen molar-refractivity contribution in [3.63, 3.8) is 0 Å². The SMILES string of the molecule is CCCCn1c(=O)c2ccccc2n2c(SCC(=O)N3CCCC[C@H]3CC)nnc12. The molecule has 0 unspecified atom stereocenters. The van der Waals surface area contributed by atoms with Crippen LogP contribution in [0.15, 0.2) is 34.2 Å². The fraction of sp³-hybridized carbons (Fsp3) is 0.545. The summed E-state index contributed by atoms with van der Waals surface area (Å²) in [5.41, 5.74) is 0.750. The van der Waals surface area contributed by atoms with Gasteiger partial charge in [-0.1, -0.05) is 44.2 Å². The Kier molecular flexibility index (Phi) is 6.41. The van der Waals surface area contributed by atoms with Crippen molar-refractivity contribution in [1.82, 2.24) is 24.1 Å². The number of fused-ring (bicyclic) bond motifs is 3. The van der Waals surface area contributed by atoms with Gasteiger partial charge in [-0.15, -0.1) is 10.2 Å². The Morgan fingerprint density at radius 1 is 1.20 bits per heavy atom. The van der Waals surface area contributed by atoms with Crippen LogP contribution in [-0.4, -0.2) is 48.3 Å². The molecule has 0 bridgehead atoms. The van der Waals surface area contributed by atoms with E-state index in [0.717, 1.165) is 44.2 Å². The number of nitrogens with zero attached hydrogens (tertiary/aromatic N) is 5. The quantitative estimate of drug-likeness (QED) is 0.537. The van der Waals surface area contributed by atoms with E-state index in [1.807, 2.05) is 33.6 Å². The Morgan fingerprint density at radius 3 is 2.83 bits per heavy atom. The maximum atomic E-state index is 13.0. The highest BCUT2D eigenvalue weighted by Crippen LogP contribution is 2.24. The number of benzene rings is 1. The van der Waals surface area contributed by atoms with Gasteiger partial charge in [-0.2, -0.15) is 0 Å². The molecule has 7 nitrogen and oxygen atoms in total. The van der Waals surface area contributed by atoms with Crippen LogP contribution in [0.3, 0.4) is 0 Å². The predicted molar refractivity (Wildman–Crippen MR) is 120 cm³/mol. The molecular weight excluding hydrogens is 398 g/mol. The summed E-state index contributed by atoms with van der Waals surface area (Å²) in [6.07, 6.45) is 6.26. The fourth-order valence-electron chi connectivity index (χ4n) is 4.31. The molecular formula is C22H29N5O2S. The molecule has 2 aromatic heterocycles. The van der Waals surface area contributed by atoms with Crippen molar-refractivity contribution in [1.29, 1.82) is 0 Å². The molecule has 1 fully saturated rings. The molecule has 0 saturated carbocycles. The van der Waals surface area contributed by atoms with Crippen molar-refractivity contribution in [3.05, 3.63) is 34.6 Å². The van der Waals surface area contributed by atoms with Crippen molar-refractivity contribution in [2.24, 2.45) is 0 Å². The highest BCUT2D eigenvalue weighted by Gasteiger charge is 2.26. The average Bonchev–Trinajstić information content (AvgIpc) is 3.21. The van der Waals surface area contributed by atoms with Gasteiger partial charge in [0.2, 0.25) is 11.7 Å². The number of rotatable bonds is 7. The summed E-state index contributed by atoms with van der Waals surface area (Å²) < 4.78 is 3.64. The fourth-order valence-corrected chi connectivity index (χ4v) is 5.13. The number of carbonyl (C=O) groups excluding carboxylic acids is 1. The number of thioether (sulfide) groups is 1. The Morgan fingerprint density at radius 2 is 2.03 bits per heavy atom. The van der Waals surface area contributed by atoms with Gasteiger partial charge in [0.05, 0.1) is 16.7 Å². The molecule has 3 heterocycles. The maximum Gasteiger partial charge on any atom is 0.262 e. The van der Waals surface area contributed by atoms with Gasteiger partial charge in [-0.25, -0.2) is 0 Å². The van der Waals surface area contributed by atoms with Crippen LogP contribution < -0.4 is 5.56 Å². The zero-order valence-corrected chi connectivity index (χ0v) is 18.5. The monoisotopic (exact) mass is 427 g/mol. The first kappa shape index (κ1) is 20.9. The molecule has 3 aromatic rings. The minimum absolute atomic E-state index is 0.0364. The average molecular weight is 428 g/mol. The van der Waals surface area contributed by atoms with Gasteiger partial charge in [0.25, 0.3) is 5.56 Å². The van der Waals surface area contributed by atoms with Crippen LogP contribution in [0.25, 0.3) is 16.7 Å². The smallest absolute Gasteiger partial charge is 0.262 e. The van der Waals surface area contributed by atoms with E-state index in [0.29, 0.717) is 34.7 Å². The summed E-state index contributed by atoms with van der Waals surface area (Å²) in [7, 11) is 0. The standard InChI is InChI=1S/C22H29N5O2S/c1-3-5-13-26-20(29)17-11-6-7-12-18(17)27-21(26)23-24-22(27)30-15-19(28)25-14-9-8-10-16(25)4-2/h6-7,11-12,16H,3-5,8-10,13-15H2,1-2H3/t16-/m1/s1. The van der Waals surface area contributed by atoms with Crippen LogP contribution in [0.2, 0.25) is 0 Å². The number of carbonyl (C=O) groups is 1. The van der Waals surface area contributed by atoms with Gasteiger partial charge in [0, 0.05) is 19.1 Å². The third-order valence-corrected chi connectivity index (χ3v) is 6.87. The summed E-state index contributed by atoms with van der Waals surface area (Å²) in [6, 6.07) is 7.90. The first-order chi connectivity index (χ1) is 14.7. The molecule has 160 valence electrons. The van der Waals surface area contributed by atoms with Crippen LogP contribution in [0, 0.1) is 0 Å². The predicted octanol–water partition coefficient (Wildman–Crippen LogP) is 3.73. The molecule has 1 amide bonds. The Hall–Kier alpha value is -2.35. The van der Waals surface area contributed by atoms with Crippen molar-refractivity contribution in [2.45, 2.75) is 70.1 Å². The third kappa shape index (κ3) is 3.85. The zero-order valence-electron chi connectivity index (χ0n) is 17.7. The largest absolute Gasteiger partial charge is 0.339 e. The number of unbranched alkanes of at least 4 members (excludes halogenated alkanes) is 1. The van der Waals surface area contributed by atoms with Crippen LogP contribution >= 0.6 is 11.8 Å². The van der Waals surface area contributed by atoms with Gasteiger partial charge in [-0.3, -0.25) is 18.6 Å². The molecule has 0 radical (unpaired) electrons. The summed E-state index contributed by atoms with van der Waals surface area (Å²) in [5, 5.41) is 10.00. The molecule has 0 aliphatic carbocycles. The Bertz CT molecular complexity index is 1110. The Labute approximate surface area is 180 Å². The van der Waals surface area contributed by atoms with Gasteiger partial charge >= 0.3 is 0 Å². The van der Waals surface area contributed by atoms with Gasteiger partial charge in [0.1, 0.15) is 0 Å². The molecule has 1 aromatic carbocycles. The lowest BCUT2D eigenvalue weighted by molar-refractivity contribution is -0.132. The van der Waals surface area contributed by atoms with Crippen LogP contribution in [0.4, 0.5) is 0 Å². The number of piperidine rings is 1. The minimum Gasteiger partial charge on any atom is -0.339 e. The zero-order chi connectivity index (χ0) is 21.1. The second-order valence-corrected chi connectivity index (χ2v) is 8.82. The number of hydrogen-bond donors (Lipinski definition) is 0. The summed E-state index contributed by atoms with van der Waals surface area (Å²) in [4.78, 5) is 28.0. The first-order valence-electron chi connectivity index (χ1n) is 10.9. The van der Waals surface area contributed by atoms with E-state index in [1.54, 1.807) is 4.57 Å². The summed E-state index contributed by atoms with van der Waals surface area (Å²) in [5.74, 6) is 1.04. The van der Waals surface area contributed by atoms with Gasteiger partial charge in [-0.05, 0) is 44.2 Å². The van der Waals surface area contributed by atoms with Crippen LogP contribution in [-0.2, 0) is 11.3 Å². The lowest BCUT2D eigenvalue weighted by atomic mass is 10.0. The lowest BCUT2D eigenvalue weighted by Gasteiger charge is -2.35. The van der Waals surface area contributed by atoms with Crippen LogP contribution in [0.1, 0.15) is 52.4 Å². The maximum absolute atomic E-state index is 13.0. The summed E-state index contributed by atoms with van der Waals surface area (Å²) in [6.45, 7) is 5.70. The lowest BCUT2D eigenvalue weighted by Crippen LogP contribution is -2.44. The van der Waals surface area contributed by atoms with E-state index < -0.39 is 0 Å². The number of para-hydroxylation sites is 1. The van der Waals surface area contributed by atoms with Crippen molar-refractivity contribution in [2.75, 3.05) is 12.3 Å². The van der Waals surface area contributed by atoms with Crippen molar-refractivity contribution >= 4 is 34.3 Å². The number of hydrogen-bond acceptors (Lipinski definition) is 5. The van der Waals surface area contributed by atoms with E-state index in [9.17, 15) is 9.59 Å². The second-order valence-electron chi connectivity index (χ2n) is 7.88. The van der Waals surface area contributed by atoms with Crippen LogP contribution in [0.5, 0.6) is 0 Å². The minimum atomic E-state index is -0.0364. The van der Waals surface area contributed by atoms with E-state index in [2.05, 4.69) is 24.0 Å². The molecule has 8 heteroatoms. The molecule has 1 atom stereocenters. The number of likely N-dealkylation sites (tertiary alicyclic amines) is 1. The van der Waals surface area contributed by atoms with E-state index >= 15 is 0 Å². The normalized spacial score (nSPS) is 17.1. The number of aryl methyl sites for hydroxylation is 1. The number of aromatic nitrogens is 4. The molecule has 0 N–H and O–H groups in total. The highest BCUT2D eigenvalue weighted by atomic mass is 32.2. The summed E-state index contributed by atoms with van der Waals surface area (Å²) >= 11 is 1.41. The second kappa shape index (κ2) is 9.20. The highest BCUT2D eigenvalue weighted by molar-refractivity contribution is 7.99. The van der Waals surface area contributed by atoms with E-state index in [-0.39, 0.29) is 11.5 Å².